The van der Waals surface area contributed by atoms with E-state index < -0.39 is 5.91 Å². The fraction of sp³-hybridized carbons (Fsp3) is 0.158. The molecular formula is C19H16FN5OS2. The van der Waals surface area contributed by atoms with Gasteiger partial charge in [0.15, 0.2) is 0 Å². The van der Waals surface area contributed by atoms with E-state index >= 15 is 0 Å². The standard InChI is InChI=1S/C19H16FN5OS2/c1-11-8-13(12(2)25(11)16-6-4-15(20)5-7-16)9-14(10-21)17(26)22-18-23-19(27-3)24-28-18/h4-9H,1-3H3,(H,22,23,24,26). The molecule has 1 N–H and O–H groups in total. The molecule has 0 unspecified atom stereocenters. The lowest BCUT2D eigenvalue weighted by Gasteiger charge is -2.09. The van der Waals surface area contributed by atoms with Crippen LogP contribution in [0, 0.1) is 31.0 Å². The molecule has 1 amide bonds. The Morgan fingerprint density at radius 2 is 2.07 bits per heavy atom. The number of carbonyl (C=O) groups excluding carboxylic acids is 1. The van der Waals surface area contributed by atoms with Crippen LogP contribution in [0.5, 0.6) is 0 Å². The summed E-state index contributed by atoms with van der Waals surface area (Å²) in [6, 6.07) is 9.95. The first-order chi connectivity index (χ1) is 13.4. The van der Waals surface area contributed by atoms with Crippen LogP contribution in [0.2, 0.25) is 0 Å². The average molecular weight is 414 g/mol. The molecule has 0 aliphatic carbocycles. The molecule has 0 fully saturated rings. The van der Waals surface area contributed by atoms with Gasteiger partial charge in [0.1, 0.15) is 17.5 Å². The Balaban J connectivity index is 1.90. The van der Waals surface area contributed by atoms with Crippen molar-refractivity contribution < 1.29 is 9.18 Å². The van der Waals surface area contributed by atoms with E-state index in [1.165, 1.54) is 30.0 Å². The molecule has 1 aromatic carbocycles. The maximum atomic E-state index is 13.2. The first-order valence-corrected chi connectivity index (χ1v) is 10.2. The fourth-order valence-corrected chi connectivity index (χ4v) is 3.85. The number of halogens is 1. The van der Waals surface area contributed by atoms with E-state index in [-0.39, 0.29) is 11.4 Å². The van der Waals surface area contributed by atoms with E-state index in [2.05, 4.69) is 14.7 Å². The van der Waals surface area contributed by atoms with E-state index in [9.17, 15) is 14.4 Å². The van der Waals surface area contributed by atoms with E-state index in [4.69, 9.17) is 0 Å². The third-order valence-electron chi connectivity index (χ3n) is 4.03. The number of anilines is 1. The summed E-state index contributed by atoms with van der Waals surface area (Å²) in [5.41, 5.74) is 3.24. The van der Waals surface area contributed by atoms with Crippen LogP contribution in [0.4, 0.5) is 9.52 Å². The van der Waals surface area contributed by atoms with Crippen LogP contribution in [0.1, 0.15) is 17.0 Å². The van der Waals surface area contributed by atoms with Crippen LogP contribution in [0.3, 0.4) is 0 Å². The Morgan fingerprint density at radius 1 is 1.36 bits per heavy atom. The molecule has 0 spiro atoms. The molecule has 2 aromatic heterocycles. The highest BCUT2D eigenvalue weighted by Gasteiger charge is 2.15. The topological polar surface area (TPSA) is 83.6 Å². The minimum absolute atomic E-state index is 0.0414. The van der Waals surface area contributed by atoms with Gasteiger partial charge in [0.25, 0.3) is 5.91 Å². The maximum Gasteiger partial charge on any atom is 0.268 e. The minimum Gasteiger partial charge on any atom is -0.318 e. The Bertz CT molecular complexity index is 1090. The van der Waals surface area contributed by atoms with Gasteiger partial charge in [-0.3, -0.25) is 10.1 Å². The van der Waals surface area contributed by atoms with Crippen LogP contribution < -0.4 is 5.32 Å². The van der Waals surface area contributed by atoms with Crippen LogP contribution in [-0.4, -0.2) is 26.1 Å². The van der Waals surface area contributed by atoms with Crippen LogP contribution in [0.25, 0.3) is 11.8 Å². The quantitative estimate of drug-likeness (QED) is 0.382. The Morgan fingerprint density at radius 3 is 2.68 bits per heavy atom. The lowest BCUT2D eigenvalue weighted by molar-refractivity contribution is -0.112. The van der Waals surface area contributed by atoms with Gasteiger partial charge < -0.3 is 4.57 Å². The van der Waals surface area contributed by atoms with Crippen molar-refractivity contribution in [3.05, 3.63) is 58.7 Å². The van der Waals surface area contributed by atoms with E-state index in [0.29, 0.717) is 10.3 Å². The van der Waals surface area contributed by atoms with Crippen molar-refractivity contribution in [2.24, 2.45) is 0 Å². The summed E-state index contributed by atoms with van der Waals surface area (Å²) in [5, 5.41) is 12.9. The molecule has 0 bridgehead atoms. The molecule has 3 rings (SSSR count). The molecule has 0 atom stereocenters. The summed E-state index contributed by atoms with van der Waals surface area (Å²) in [4.78, 5) is 16.6. The Kier molecular flexibility index (Phi) is 5.92. The molecule has 0 aliphatic heterocycles. The van der Waals surface area contributed by atoms with Crippen LogP contribution in [-0.2, 0) is 4.79 Å². The summed E-state index contributed by atoms with van der Waals surface area (Å²) >= 11 is 2.43. The normalized spacial score (nSPS) is 11.3. The third-order valence-corrected chi connectivity index (χ3v) is 5.32. The van der Waals surface area contributed by atoms with Crippen molar-refractivity contribution >= 4 is 40.4 Å². The van der Waals surface area contributed by atoms with E-state index in [1.54, 1.807) is 12.1 Å². The number of hydrogen-bond donors (Lipinski definition) is 1. The average Bonchev–Trinajstić information content (AvgIpc) is 3.24. The second-order valence-corrected chi connectivity index (χ2v) is 7.37. The predicted octanol–water partition coefficient (Wildman–Crippen LogP) is 4.35. The molecule has 2 heterocycles. The number of nitriles is 1. The van der Waals surface area contributed by atoms with Crippen molar-refractivity contribution in [3.63, 3.8) is 0 Å². The van der Waals surface area contributed by atoms with E-state index in [1.807, 2.05) is 36.8 Å². The van der Waals surface area contributed by atoms with Gasteiger partial charge in [-0.25, -0.2) is 4.39 Å². The number of benzene rings is 1. The second kappa shape index (κ2) is 8.37. The molecule has 28 heavy (non-hydrogen) atoms. The first-order valence-electron chi connectivity index (χ1n) is 8.18. The number of amides is 1. The molecule has 3 aromatic rings. The largest absolute Gasteiger partial charge is 0.318 e. The summed E-state index contributed by atoms with van der Waals surface area (Å²) in [6.45, 7) is 3.79. The number of thioether (sulfide) groups is 1. The maximum absolute atomic E-state index is 13.2. The van der Waals surface area contributed by atoms with Crippen molar-refractivity contribution in [3.8, 4) is 11.8 Å². The van der Waals surface area contributed by atoms with Gasteiger partial charge in [-0.05, 0) is 62.1 Å². The summed E-state index contributed by atoms with van der Waals surface area (Å²) < 4.78 is 19.2. The zero-order valence-electron chi connectivity index (χ0n) is 15.4. The Hall–Kier alpha value is -2.96. The predicted molar refractivity (Wildman–Crippen MR) is 109 cm³/mol. The molecule has 6 nitrogen and oxygen atoms in total. The number of nitrogens with one attached hydrogen (secondary N) is 1. The van der Waals surface area contributed by atoms with Gasteiger partial charge in [-0.15, -0.1) is 0 Å². The summed E-state index contributed by atoms with van der Waals surface area (Å²) in [7, 11) is 0. The molecule has 0 saturated heterocycles. The zero-order valence-corrected chi connectivity index (χ0v) is 17.0. The zero-order chi connectivity index (χ0) is 20.3. The first kappa shape index (κ1) is 19.8. The molecular weight excluding hydrogens is 397 g/mol. The molecule has 0 saturated carbocycles. The summed E-state index contributed by atoms with van der Waals surface area (Å²) in [6.07, 6.45) is 3.37. The van der Waals surface area contributed by atoms with Gasteiger partial charge in [-0.2, -0.15) is 14.6 Å². The Labute approximate surface area is 169 Å². The van der Waals surface area contributed by atoms with Gasteiger partial charge in [0.2, 0.25) is 10.3 Å². The second-order valence-electron chi connectivity index (χ2n) is 5.85. The number of nitrogens with zero attached hydrogens (tertiary/aromatic N) is 4. The fourth-order valence-electron chi connectivity index (χ4n) is 2.73. The molecule has 142 valence electrons. The van der Waals surface area contributed by atoms with Gasteiger partial charge in [0, 0.05) is 28.6 Å². The van der Waals surface area contributed by atoms with Crippen molar-refractivity contribution in [2.45, 2.75) is 19.0 Å². The van der Waals surface area contributed by atoms with Crippen LogP contribution in [0.15, 0.2) is 41.1 Å². The van der Waals surface area contributed by atoms with Gasteiger partial charge in [-0.1, -0.05) is 11.8 Å². The molecule has 0 aliphatic rings. The highest BCUT2D eigenvalue weighted by Crippen LogP contribution is 2.24. The molecule has 9 heteroatoms. The lowest BCUT2D eigenvalue weighted by atomic mass is 10.1. The number of aromatic nitrogens is 3. The smallest absolute Gasteiger partial charge is 0.268 e. The van der Waals surface area contributed by atoms with E-state index in [0.717, 1.165) is 34.2 Å². The number of hydrogen-bond acceptors (Lipinski definition) is 6. The molecule has 0 radical (unpaired) electrons. The SMILES string of the molecule is CSc1nsc(NC(=O)C(C#N)=Cc2cc(C)n(-c3ccc(F)cc3)c2C)n1. The van der Waals surface area contributed by atoms with Crippen molar-refractivity contribution in [2.75, 3.05) is 11.6 Å². The lowest BCUT2D eigenvalue weighted by Crippen LogP contribution is -2.13. The highest BCUT2D eigenvalue weighted by atomic mass is 32.2. The highest BCUT2D eigenvalue weighted by molar-refractivity contribution is 7.98. The van der Waals surface area contributed by atoms with Crippen LogP contribution >= 0.6 is 23.3 Å². The minimum atomic E-state index is -0.544. The monoisotopic (exact) mass is 413 g/mol. The van der Waals surface area contributed by atoms with Crippen molar-refractivity contribution in [1.29, 1.82) is 5.26 Å². The number of rotatable bonds is 5. The number of aryl methyl sites for hydroxylation is 1. The summed E-state index contributed by atoms with van der Waals surface area (Å²) in [5.74, 6) is -0.853. The van der Waals surface area contributed by atoms with Gasteiger partial charge >= 0.3 is 0 Å². The van der Waals surface area contributed by atoms with Crippen molar-refractivity contribution in [1.82, 2.24) is 13.9 Å². The van der Waals surface area contributed by atoms with Gasteiger partial charge in [0.05, 0.1) is 0 Å². The number of carbonyl (C=O) groups is 1. The third kappa shape index (κ3) is 4.13.